The molecule has 0 saturated carbocycles. The molecular formula is C24H39ClN4O6P2S2. The highest BCUT2D eigenvalue weighted by atomic mass is 35.5. The van der Waals surface area contributed by atoms with Gasteiger partial charge in [0.15, 0.2) is 8.38 Å². The van der Waals surface area contributed by atoms with Gasteiger partial charge < -0.3 is 24.9 Å². The summed E-state index contributed by atoms with van der Waals surface area (Å²) in [7, 11) is -6.80. The van der Waals surface area contributed by atoms with E-state index in [-0.39, 0.29) is 24.4 Å². The highest BCUT2D eigenvalue weighted by Crippen LogP contribution is 2.59. The first kappa shape index (κ1) is 34.7. The Morgan fingerprint density at radius 1 is 1.31 bits per heavy atom. The Bertz CT molecular complexity index is 1100. The molecular weight excluding hydrogens is 602 g/mol. The Morgan fingerprint density at radius 3 is 2.69 bits per heavy atom. The van der Waals surface area contributed by atoms with Crippen LogP contribution in [-0.2, 0) is 9.09 Å². The van der Waals surface area contributed by atoms with Crippen molar-refractivity contribution in [2.75, 3.05) is 42.8 Å². The third-order valence-electron chi connectivity index (χ3n) is 6.10. The van der Waals surface area contributed by atoms with Gasteiger partial charge in [-0.15, -0.1) is 0 Å². The largest absolute Gasteiger partial charge is 0.349 e. The summed E-state index contributed by atoms with van der Waals surface area (Å²) in [4.78, 5) is 51.0. The number of aromatic nitrogens is 1. The summed E-state index contributed by atoms with van der Waals surface area (Å²) in [5.41, 5.74) is 7.10. The zero-order valence-corrected chi connectivity index (χ0v) is 26.5. The van der Waals surface area contributed by atoms with Crippen molar-refractivity contribution in [1.29, 1.82) is 0 Å². The van der Waals surface area contributed by atoms with E-state index in [4.69, 9.17) is 21.9 Å². The number of benzene rings is 1. The summed E-state index contributed by atoms with van der Waals surface area (Å²) in [6.45, 7) is 5.62. The molecule has 3 atom stereocenters. The van der Waals surface area contributed by atoms with Crippen molar-refractivity contribution in [2.45, 2.75) is 51.0 Å². The molecule has 0 aliphatic carbocycles. The van der Waals surface area contributed by atoms with E-state index < -0.39 is 21.4 Å². The van der Waals surface area contributed by atoms with Crippen LogP contribution in [0.3, 0.4) is 0 Å². The molecule has 2 aromatic rings. The molecule has 39 heavy (non-hydrogen) atoms. The van der Waals surface area contributed by atoms with E-state index in [1.54, 1.807) is 23.2 Å². The number of carbonyl (C=O) groups excluding carboxylic acids is 1. The van der Waals surface area contributed by atoms with E-state index in [1.807, 2.05) is 30.9 Å². The van der Waals surface area contributed by atoms with Crippen LogP contribution in [0.15, 0.2) is 30.5 Å². The normalized spacial score (nSPS) is 14.5. The van der Waals surface area contributed by atoms with E-state index in [0.717, 1.165) is 17.5 Å². The number of nitrogens with two attached hydrogens (primary N) is 1. The van der Waals surface area contributed by atoms with Crippen molar-refractivity contribution < 1.29 is 28.6 Å². The standard InChI is InChI=1S/C24H39ClN4O6P2S2/c1-3-28(17-35-36(31)23(7-5-14-38)37(32,33)34)13-4-6-18(2)29(24(30)39-15-11-26)22-10-12-27-21-16-19(25)8-9-20(21)22/h8-10,12,16,18,23,31,38H,3-7,11,13-15,17,26H2,1-2H3,(H2,32,33,34). The molecule has 1 aromatic heterocycles. The van der Waals surface area contributed by atoms with Gasteiger partial charge in [-0.1, -0.05) is 30.3 Å². The summed E-state index contributed by atoms with van der Waals surface area (Å²) >= 11 is 11.4. The number of thioether (sulfide) groups is 1. The molecule has 1 amide bonds. The molecule has 1 heterocycles. The zero-order chi connectivity index (χ0) is 29.0. The van der Waals surface area contributed by atoms with Crippen LogP contribution in [-0.4, -0.2) is 79.1 Å². The summed E-state index contributed by atoms with van der Waals surface area (Å²) in [5.74, 6) is 0.970. The SMILES string of the molecule is CCN(CCCC(C)N(C(=O)SCCN)c1ccnc2cc(Cl)ccc12)COP(O)C(CCCS)P(=O)(O)O. The number of hydrogen-bond acceptors (Lipinski definition) is 9. The molecule has 1 aromatic carbocycles. The van der Waals surface area contributed by atoms with Gasteiger partial charge in [0.25, 0.3) is 5.24 Å². The van der Waals surface area contributed by atoms with Gasteiger partial charge in [-0.2, -0.15) is 12.6 Å². The number of thiol groups is 1. The second-order valence-corrected chi connectivity index (χ2v) is 14.6. The van der Waals surface area contributed by atoms with Crippen molar-refractivity contribution in [3.63, 3.8) is 0 Å². The van der Waals surface area contributed by atoms with Gasteiger partial charge in [-0.3, -0.25) is 24.1 Å². The fraction of sp³-hybridized carbons (Fsp3) is 0.583. The molecule has 2 rings (SSSR count). The van der Waals surface area contributed by atoms with Gasteiger partial charge >= 0.3 is 7.60 Å². The molecule has 0 fully saturated rings. The number of rotatable bonds is 17. The Balaban J connectivity index is 2.07. The van der Waals surface area contributed by atoms with Crippen molar-refractivity contribution >= 4 is 73.8 Å². The lowest BCUT2D eigenvalue weighted by Gasteiger charge is -2.31. The van der Waals surface area contributed by atoms with Crippen molar-refractivity contribution in [3.05, 3.63) is 35.5 Å². The van der Waals surface area contributed by atoms with Crippen LogP contribution >= 0.6 is 52.0 Å². The van der Waals surface area contributed by atoms with Crippen molar-refractivity contribution in [2.24, 2.45) is 5.73 Å². The van der Waals surface area contributed by atoms with Gasteiger partial charge in [0.1, 0.15) is 12.1 Å². The number of carbonyl (C=O) groups is 1. The smallest absolute Gasteiger partial charge is 0.337 e. The summed E-state index contributed by atoms with van der Waals surface area (Å²) in [6, 6.07) is 7.10. The number of nitrogens with zero attached hydrogens (tertiary/aromatic N) is 3. The summed E-state index contributed by atoms with van der Waals surface area (Å²) in [5, 5.41) is 0.0708. The van der Waals surface area contributed by atoms with E-state index >= 15 is 0 Å². The summed E-state index contributed by atoms with van der Waals surface area (Å²) in [6.07, 6.45) is 3.68. The third kappa shape index (κ3) is 11.0. The molecule has 0 radical (unpaired) electrons. The lowest BCUT2D eigenvalue weighted by atomic mass is 10.1. The first-order valence-electron chi connectivity index (χ1n) is 12.7. The Labute approximate surface area is 246 Å². The van der Waals surface area contributed by atoms with E-state index in [9.17, 15) is 24.0 Å². The maximum atomic E-state index is 13.3. The van der Waals surface area contributed by atoms with Gasteiger partial charge in [0.05, 0.1) is 11.2 Å². The maximum absolute atomic E-state index is 13.3. The Kier molecular flexibility index (Phi) is 15.5. The van der Waals surface area contributed by atoms with Crippen LogP contribution in [0.2, 0.25) is 5.02 Å². The molecule has 10 nitrogen and oxygen atoms in total. The number of halogens is 1. The minimum atomic E-state index is -4.50. The average Bonchev–Trinajstić information content (AvgIpc) is 2.88. The van der Waals surface area contributed by atoms with Crippen LogP contribution in [0.25, 0.3) is 10.9 Å². The number of hydrogen-bond donors (Lipinski definition) is 5. The molecule has 0 aliphatic heterocycles. The quantitative estimate of drug-likeness (QED) is 0.0853. The second kappa shape index (κ2) is 17.5. The van der Waals surface area contributed by atoms with Crippen LogP contribution in [0.1, 0.15) is 39.5 Å². The molecule has 15 heteroatoms. The predicted octanol–water partition coefficient (Wildman–Crippen LogP) is 5.49. The lowest BCUT2D eigenvalue weighted by Crippen LogP contribution is -2.37. The van der Waals surface area contributed by atoms with Crippen molar-refractivity contribution in [1.82, 2.24) is 9.88 Å². The fourth-order valence-electron chi connectivity index (χ4n) is 4.01. The monoisotopic (exact) mass is 640 g/mol. The Hall–Kier alpha value is -0.490. The van der Waals surface area contributed by atoms with Crippen LogP contribution < -0.4 is 10.6 Å². The molecule has 5 N–H and O–H groups in total. The van der Waals surface area contributed by atoms with Crippen molar-refractivity contribution in [3.8, 4) is 0 Å². The van der Waals surface area contributed by atoms with Crippen LogP contribution in [0.4, 0.5) is 10.5 Å². The van der Waals surface area contributed by atoms with E-state index in [2.05, 4.69) is 17.6 Å². The molecule has 3 unspecified atom stereocenters. The van der Waals surface area contributed by atoms with Crippen LogP contribution in [0.5, 0.6) is 0 Å². The van der Waals surface area contributed by atoms with E-state index in [0.29, 0.717) is 54.5 Å². The van der Waals surface area contributed by atoms with Gasteiger partial charge in [0, 0.05) is 41.5 Å². The second-order valence-electron chi connectivity index (χ2n) is 8.96. The minimum absolute atomic E-state index is 0.0508. The minimum Gasteiger partial charge on any atom is -0.349 e. The number of pyridine rings is 1. The van der Waals surface area contributed by atoms with Gasteiger partial charge in [-0.25, -0.2) is 0 Å². The first-order chi connectivity index (χ1) is 18.5. The topological polar surface area (TPSA) is 149 Å². The number of fused-ring (bicyclic) bond motifs is 1. The molecule has 220 valence electrons. The van der Waals surface area contributed by atoms with Crippen LogP contribution in [0, 0.1) is 0 Å². The lowest BCUT2D eigenvalue weighted by molar-refractivity contribution is 0.129. The zero-order valence-electron chi connectivity index (χ0n) is 22.2. The fourth-order valence-corrected chi connectivity index (χ4v) is 7.67. The van der Waals surface area contributed by atoms with E-state index in [1.165, 1.54) is 11.8 Å². The number of anilines is 1. The van der Waals surface area contributed by atoms with Gasteiger partial charge in [0.2, 0.25) is 0 Å². The maximum Gasteiger partial charge on any atom is 0.337 e. The highest BCUT2D eigenvalue weighted by Gasteiger charge is 2.36. The molecule has 0 spiro atoms. The van der Waals surface area contributed by atoms with Gasteiger partial charge in [-0.05, 0) is 69.2 Å². The third-order valence-corrected chi connectivity index (χ3v) is 11.2. The average molecular weight is 641 g/mol. The molecule has 0 saturated heterocycles. The highest BCUT2D eigenvalue weighted by molar-refractivity contribution is 8.13. The summed E-state index contributed by atoms with van der Waals surface area (Å²) < 4.78 is 17.3. The Morgan fingerprint density at radius 2 is 2.05 bits per heavy atom. The number of amides is 1. The molecule has 0 aliphatic rings. The molecule has 0 bridgehead atoms. The first-order valence-corrected chi connectivity index (χ1v) is 17.7. The predicted molar refractivity (Wildman–Crippen MR) is 166 cm³/mol.